The number of aromatic nitrogens is 1. The van der Waals surface area contributed by atoms with Crippen LogP contribution >= 0.6 is 18.9 Å². The lowest BCUT2D eigenvalue weighted by Gasteiger charge is -2.11. The van der Waals surface area contributed by atoms with E-state index in [0.717, 1.165) is 0 Å². The summed E-state index contributed by atoms with van der Waals surface area (Å²) in [4.78, 5) is 3.97. The number of thiazole rings is 1. The van der Waals surface area contributed by atoms with Gasteiger partial charge in [0.2, 0.25) is 0 Å². The average Bonchev–Trinajstić information content (AvgIpc) is 2.48. The molecular formula is C7H13N2O3PS. The van der Waals surface area contributed by atoms with Crippen molar-refractivity contribution in [1.29, 1.82) is 0 Å². The maximum absolute atomic E-state index is 11.5. The molecule has 80 valence electrons. The Morgan fingerprint density at radius 3 is 2.86 bits per heavy atom. The maximum atomic E-state index is 11.5. The number of rotatable bonds is 5. The summed E-state index contributed by atoms with van der Waals surface area (Å²) in [5.74, 6) is 0. The van der Waals surface area contributed by atoms with E-state index < -0.39 is 7.60 Å². The fraction of sp³-hybridized carbons (Fsp3) is 0.571. The van der Waals surface area contributed by atoms with E-state index in [9.17, 15) is 4.57 Å². The first-order valence-electron chi connectivity index (χ1n) is 4.10. The van der Waals surface area contributed by atoms with Crippen LogP contribution in [0.3, 0.4) is 0 Å². The van der Waals surface area contributed by atoms with Crippen LogP contribution in [-0.2, 0) is 20.2 Å². The van der Waals surface area contributed by atoms with Crippen LogP contribution in [0, 0.1) is 0 Å². The molecule has 1 aromatic heterocycles. The molecule has 0 aliphatic rings. The number of nitrogens with zero attached hydrogens (tertiary/aromatic N) is 1. The van der Waals surface area contributed by atoms with Crippen LogP contribution < -0.4 is 5.73 Å². The molecule has 2 N–H and O–H groups in total. The highest BCUT2D eigenvalue weighted by Crippen LogP contribution is 2.44. The van der Waals surface area contributed by atoms with E-state index in [1.54, 1.807) is 12.3 Å². The molecule has 0 aliphatic carbocycles. The van der Waals surface area contributed by atoms with Gasteiger partial charge in [-0.15, -0.1) is 11.3 Å². The molecule has 0 amide bonds. The lowest BCUT2D eigenvalue weighted by Crippen LogP contribution is -1.95. The smallest absolute Gasteiger partial charge is 0.327 e. The van der Waals surface area contributed by atoms with E-state index in [-0.39, 0.29) is 6.61 Å². The number of nitrogens with two attached hydrogens (primary N) is 1. The summed E-state index contributed by atoms with van der Waals surface area (Å²) < 4.78 is 21.5. The fourth-order valence-corrected chi connectivity index (χ4v) is 2.30. The first-order valence-corrected chi connectivity index (χ1v) is 6.97. The normalized spacial score (nSPS) is 15.3. The Balaban J connectivity index is 2.44. The highest BCUT2D eigenvalue weighted by molar-refractivity contribution is 7.52. The van der Waals surface area contributed by atoms with Gasteiger partial charge in [0.25, 0.3) is 0 Å². The predicted octanol–water partition coefficient (Wildman–Crippen LogP) is 2.10. The third kappa shape index (κ3) is 3.75. The van der Waals surface area contributed by atoms with Gasteiger partial charge in [-0.25, -0.2) is 4.98 Å². The largest absolute Gasteiger partial charge is 0.375 e. The van der Waals surface area contributed by atoms with Gasteiger partial charge in [0.15, 0.2) is 5.13 Å². The van der Waals surface area contributed by atoms with E-state index in [1.165, 1.54) is 18.0 Å². The van der Waals surface area contributed by atoms with Crippen molar-refractivity contribution in [3.63, 3.8) is 0 Å². The Morgan fingerprint density at radius 1 is 1.64 bits per heavy atom. The van der Waals surface area contributed by atoms with Crippen molar-refractivity contribution in [3.05, 3.63) is 11.1 Å². The van der Waals surface area contributed by atoms with Crippen LogP contribution in [-0.4, -0.2) is 18.3 Å². The van der Waals surface area contributed by atoms with Crippen molar-refractivity contribution in [2.45, 2.75) is 13.5 Å². The van der Waals surface area contributed by atoms with Crippen molar-refractivity contribution in [2.75, 3.05) is 19.0 Å². The number of hydrogen-bond acceptors (Lipinski definition) is 6. The lowest BCUT2D eigenvalue weighted by atomic mass is 10.5. The standard InChI is InChI=1S/C7H13N2O3PS/c1-3-11-13(2,10)12-4-6-5-14-7(8)9-6/h5H,3-4H2,1-2H3,(H2,8,9). The Hall–Kier alpha value is -0.420. The second-order valence-corrected chi connectivity index (χ2v) is 5.59. The van der Waals surface area contributed by atoms with Crippen molar-refractivity contribution < 1.29 is 13.6 Å². The first kappa shape index (κ1) is 11.7. The second-order valence-electron chi connectivity index (χ2n) is 2.64. The van der Waals surface area contributed by atoms with Crippen LogP contribution in [0.1, 0.15) is 12.6 Å². The van der Waals surface area contributed by atoms with E-state index >= 15 is 0 Å². The topological polar surface area (TPSA) is 74.4 Å². The third-order valence-electron chi connectivity index (χ3n) is 1.38. The van der Waals surface area contributed by atoms with Gasteiger partial charge < -0.3 is 14.8 Å². The molecule has 0 aliphatic heterocycles. The minimum Gasteiger partial charge on any atom is -0.375 e. The zero-order valence-electron chi connectivity index (χ0n) is 8.10. The molecule has 5 nitrogen and oxygen atoms in total. The summed E-state index contributed by atoms with van der Waals surface area (Å²) in [6.45, 7) is 3.74. The minimum absolute atomic E-state index is 0.168. The van der Waals surface area contributed by atoms with E-state index in [4.69, 9.17) is 14.8 Å². The maximum Gasteiger partial charge on any atom is 0.327 e. The predicted molar refractivity (Wildman–Crippen MR) is 56.5 cm³/mol. The molecule has 0 fully saturated rings. The second kappa shape index (κ2) is 4.89. The van der Waals surface area contributed by atoms with E-state index in [2.05, 4.69) is 4.98 Å². The molecule has 0 spiro atoms. The van der Waals surface area contributed by atoms with Gasteiger partial charge >= 0.3 is 7.60 Å². The summed E-state index contributed by atoms with van der Waals surface area (Å²) in [5, 5.41) is 2.24. The third-order valence-corrected chi connectivity index (χ3v) is 3.43. The van der Waals surface area contributed by atoms with Gasteiger partial charge in [0.05, 0.1) is 18.9 Å². The van der Waals surface area contributed by atoms with Gasteiger partial charge in [-0.3, -0.25) is 4.57 Å². The first-order chi connectivity index (χ1) is 6.53. The van der Waals surface area contributed by atoms with Crippen molar-refractivity contribution in [2.24, 2.45) is 0 Å². The highest BCUT2D eigenvalue weighted by atomic mass is 32.1. The molecule has 1 heterocycles. The molecule has 7 heteroatoms. The van der Waals surface area contributed by atoms with Gasteiger partial charge in [0, 0.05) is 12.0 Å². The summed E-state index contributed by atoms with van der Waals surface area (Å²) in [6, 6.07) is 0. The van der Waals surface area contributed by atoms with Gasteiger partial charge in [-0.05, 0) is 6.92 Å². The molecule has 0 saturated carbocycles. The molecule has 1 atom stereocenters. The molecule has 1 aromatic rings. The molecule has 14 heavy (non-hydrogen) atoms. The van der Waals surface area contributed by atoms with Crippen molar-refractivity contribution in [1.82, 2.24) is 4.98 Å². The molecule has 0 saturated heterocycles. The van der Waals surface area contributed by atoms with Crippen molar-refractivity contribution in [3.8, 4) is 0 Å². The Morgan fingerprint density at radius 2 is 2.36 bits per heavy atom. The number of hydrogen-bond donors (Lipinski definition) is 1. The van der Waals surface area contributed by atoms with Gasteiger partial charge in [0.1, 0.15) is 0 Å². The van der Waals surface area contributed by atoms with Crippen LogP contribution in [0.5, 0.6) is 0 Å². The van der Waals surface area contributed by atoms with Crippen LogP contribution in [0.25, 0.3) is 0 Å². The SMILES string of the molecule is CCOP(C)(=O)OCc1csc(N)n1. The highest BCUT2D eigenvalue weighted by Gasteiger charge is 2.16. The Kier molecular flexibility index (Phi) is 4.07. The fourth-order valence-electron chi connectivity index (χ4n) is 0.844. The molecule has 0 aromatic carbocycles. The number of nitrogen functional groups attached to an aromatic ring is 1. The summed E-state index contributed by atoms with van der Waals surface area (Å²) in [7, 11) is -2.92. The molecule has 1 rings (SSSR count). The van der Waals surface area contributed by atoms with E-state index in [0.29, 0.717) is 17.4 Å². The summed E-state index contributed by atoms with van der Waals surface area (Å²) >= 11 is 1.32. The summed E-state index contributed by atoms with van der Waals surface area (Å²) in [6.07, 6.45) is 0. The summed E-state index contributed by atoms with van der Waals surface area (Å²) in [5.41, 5.74) is 6.10. The van der Waals surface area contributed by atoms with Crippen molar-refractivity contribution >= 4 is 24.1 Å². The molecular weight excluding hydrogens is 223 g/mol. The van der Waals surface area contributed by atoms with E-state index in [1.807, 2.05) is 0 Å². The Bertz CT molecular complexity index is 341. The average molecular weight is 236 g/mol. The number of anilines is 1. The Labute approximate surface area is 86.8 Å². The molecule has 1 unspecified atom stereocenters. The van der Waals surface area contributed by atoms with Crippen LogP contribution in [0.4, 0.5) is 5.13 Å². The zero-order valence-corrected chi connectivity index (χ0v) is 9.81. The van der Waals surface area contributed by atoms with Crippen LogP contribution in [0.15, 0.2) is 5.38 Å². The van der Waals surface area contributed by atoms with Crippen LogP contribution in [0.2, 0.25) is 0 Å². The van der Waals surface area contributed by atoms with Gasteiger partial charge in [-0.1, -0.05) is 0 Å². The lowest BCUT2D eigenvalue weighted by molar-refractivity contribution is 0.208. The molecule has 0 bridgehead atoms. The molecule has 0 radical (unpaired) electrons. The monoisotopic (exact) mass is 236 g/mol. The van der Waals surface area contributed by atoms with Gasteiger partial charge in [-0.2, -0.15) is 0 Å². The zero-order chi connectivity index (χ0) is 10.6. The minimum atomic E-state index is -2.92. The quantitative estimate of drug-likeness (QED) is 0.792.